The van der Waals surface area contributed by atoms with Crippen LogP contribution >= 0.6 is 24.0 Å². The first-order chi connectivity index (χ1) is 9.17. The molecule has 8 heteroatoms. The van der Waals surface area contributed by atoms with Crippen LogP contribution < -0.4 is 14.8 Å². The molecule has 19 heavy (non-hydrogen) atoms. The number of amides is 1. The van der Waals surface area contributed by atoms with Crippen molar-refractivity contribution < 1.29 is 14.3 Å². The normalized spacial score (nSPS) is 18.8. The van der Waals surface area contributed by atoms with E-state index < -0.39 is 0 Å². The third-order valence-corrected chi connectivity index (χ3v) is 3.71. The second-order valence-corrected chi connectivity index (χ2v) is 5.43. The molecule has 2 aliphatic heterocycles. The number of benzene rings is 1. The van der Waals surface area contributed by atoms with Gasteiger partial charge in [-0.15, -0.1) is 4.91 Å². The molecule has 0 aliphatic carbocycles. The molecular weight excluding hydrogens is 288 g/mol. The van der Waals surface area contributed by atoms with Crippen molar-refractivity contribution in [2.45, 2.75) is 0 Å². The molecule has 0 saturated carbocycles. The second kappa shape index (κ2) is 4.63. The van der Waals surface area contributed by atoms with Gasteiger partial charge in [-0.05, 0) is 17.3 Å². The molecule has 96 valence electrons. The first-order valence-corrected chi connectivity index (χ1v) is 6.42. The quantitative estimate of drug-likeness (QED) is 0.512. The van der Waals surface area contributed by atoms with E-state index in [1.54, 1.807) is 12.1 Å². The number of thioether (sulfide) groups is 1. The third-order valence-electron chi connectivity index (χ3n) is 2.55. The predicted molar refractivity (Wildman–Crippen MR) is 74.3 cm³/mol. The number of nitrogens with one attached hydrogen (secondary N) is 1. The number of carbonyl (C=O) groups excluding carboxylic acids is 1. The maximum Gasteiger partial charge on any atom is 0.263 e. The van der Waals surface area contributed by atoms with Gasteiger partial charge in [0.2, 0.25) is 6.79 Å². The largest absolute Gasteiger partial charge is 0.454 e. The zero-order chi connectivity index (χ0) is 13.4. The van der Waals surface area contributed by atoms with Crippen LogP contribution in [0.3, 0.4) is 0 Å². The van der Waals surface area contributed by atoms with Crippen molar-refractivity contribution in [1.82, 2.24) is 5.32 Å². The van der Waals surface area contributed by atoms with Gasteiger partial charge >= 0.3 is 0 Å². The van der Waals surface area contributed by atoms with Crippen LogP contribution in [0.2, 0.25) is 0 Å². The summed E-state index contributed by atoms with van der Waals surface area (Å²) in [5.74, 6) is 0.700. The van der Waals surface area contributed by atoms with E-state index in [-0.39, 0.29) is 18.4 Å². The molecule has 2 aliphatic rings. The zero-order valence-corrected chi connectivity index (χ0v) is 11.0. The molecule has 2 heterocycles. The summed E-state index contributed by atoms with van der Waals surface area (Å²) >= 11 is 6.03. The molecule has 0 unspecified atom stereocenters. The van der Waals surface area contributed by atoms with Crippen LogP contribution in [0.5, 0.6) is 11.5 Å². The van der Waals surface area contributed by atoms with Gasteiger partial charge in [0.25, 0.3) is 5.91 Å². The van der Waals surface area contributed by atoms with Gasteiger partial charge in [0.1, 0.15) is 10.0 Å². The Morgan fingerprint density at radius 3 is 2.74 bits per heavy atom. The summed E-state index contributed by atoms with van der Waals surface area (Å²) < 4.78 is 10.8. The van der Waals surface area contributed by atoms with Crippen LogP contribution in [0.4, 0.5) is 5.69 Å². The Labute approximate surface area is 117 Å². The van der Waals surface area contributed by atoms with Gasteiger partial charge in [-0.1, -0.05) is 24.0 Å². The molecule has 0 atom stereocenters. The summed E-state index contributed by atoms with van der Waals surface area (Å²) in [4.78, 5) is 22.8. The lowest BCUT2D eigenvalue weighted by atomic mass is 10.1. The number of fused-ring (bicyclic) bond motifs is 1. The highest BCUT2D eigenvalue weighted by atomic mass is 32.2. The molecule has 0 radical (unpaired) electrons. The molecule has 1 saturated heterocycles. The summed E-state index contributed by atoms with van der Waals surface area (Å²) in [6.07, 6.45) is 1.55. The second-order valence-electron chi connectivity index (χ2n) is 3.71. The summed E-state index contributed by atoms with van der Waals surface area (Å²) in [5, 5.41) is 5.43. The molecule has 0 bridgehead atoms. The highest BCUT2D eigenvalue weighted by Crippen LogP contribution is 2.40. The standard InChI is InChI=1S/C11H6N2O4S2/c14-10-9(19-11(18)12-10)2-5-1-7-8(17-4-16-7)3-6(5)13-15/h1-3H,4H2,(H,12,14,18)/b9-2-. The van der Waals surface area contributed by atoms with E-state index in [2.05, 4.69) is 10.5 Å². The molecule has 1 amide bonds. The fourth-order valence-electron chi connectivity index (χ4n) is 1.70. The summed E-state index contributed by atoms with van der Waals surface area (Å²) in [6.45, 7) is 0.104. The third kappa shape index (κ3) is 2.20. The molecule has 6 nitrogen and oxygen atoms in total. The highest BCUT2D eigenvalue weighted by Gasteiger charge is 2.24. The fraction of sp³-hybridized carbons (Fsp3) is 0.0909. The smallest absolute Gasteiger partial charge is 0.263 e. The Kier molecular flexibility index (Phi) is 2.96. The Bertz CT molecular complexity index is 642. The van der Waals surface area contributed by atoms with Crippen molar-refractivity contribution >= 4 is 46.0 Å². The lowest BCUT2D eigenvalue weighted by Crippen LogP contribution is -2.17. The van der Waals surface area contributed by atoms with Crippen molar-refractivity contribution in [2.75, 3.05) is 6.79 Å². The van der Waals surface area contributed by atoms with Gasteiger partial charge in [-0.25, -0.2) is 0 Å². The maximum atomic E-state index is 11.6. The lowest BCUT2D eigenvalue weighted by molar-refractivity contribution is -0.115. The Morgan fingerprint density at radius 1 is 1.37 bits per heavy atom. The Hall–Kier alpha value is -1.93. The van der Waals surface area contributed by atoms with Gasteiger partial charge in [-0.3, -0.25) is 4.79 Å². The van der Waals surface area contributed by atoms with Crippen LogP contribution in [0.15, 0.2) is 22.2 Å². The number of hydrogen-bond acceptors (Lipinski definition) is 7. The first-order valence-electron chi connectivity index (χ1n) is 5.19. The summed E-state index contributed by atoms with van der Waals surface area (Å²) in [7, 11) is 0. The van der Waals surface area contributed by atoms with Gasteiger partial charge < -0.3 is 14.8 Å². The minimum Gasteiger partial charge on any atom is -0.454 e. The van der Waals surface area contributed by atoms with E-state index in [9.17, 15) is 9.70 Å². The van der Waals surface area contributed by atoms with Crippen molar-refractivity contribution in [2.24, 2.45) is 5.18 Å². The van der Waals surface area contributed by atoms with E-state index in [0.29, 0.717) is 26.3 Å². The molecule has 1 aromatic carbocycles. The average molecular weight is 294 g/mol. The molecule has 3 rings (SSSR count). The van der Waals surface area contributed by atoms with Crippen LogP contribution in [0, 0.1) is 4.91 Å². The van der Waals surface area contributed by atoms with Crippen LogP contribution in [-0.2, 0) is 4.79 Å². The predicted octanol–water partition coefficient (Wildman–Crippen LogP) is 2.30. The molecule has 1 fully saturated rings. The monoisotopic (exact) mass is 294 g/mol. The Morgan fingerprint density at radius 2 is 2.11 bits per heavy atom. The number of nitrogens with zero attached hydrogens (tertiary/aromatic N) is 1. The lowest BCUT2D eigenvalue weighted by Gasteiger charge is -2.01. The van der Waals surface area contributed by atoms with Crippen LogP contribution in [0.1, 0.15) is 5.56 Å². The number of rotatable bonds is 2. The van der Waals surface area contributed by atoms with Gasteiger partial charge in [-0.2, -0.15) is 0 Å². The molecule has 1 N–H and O–H groups in total. The number of thiocarbonyl (C=S) groups is 1. The number of ether oxygens (including phenoxy) is 2. The first kappa shape index (κ1) is 12.1. The fourth-order valence-corrected chi connectivity index (χ4v) is 2.74. The van der Waals surface area contributed by atoms with E-state index >= 15 is 0 Å². The molecule has 0 spiro atoms. The maximum absolute atomic E-state index is 11.6. The van der Waals surface area contributed by atoms with E-state index in [4.69, 9.17) is 21.7 Å². The highest BCUT2D eigenvalue weighted by molar-refractivity contribution is 8.26. The zero-order valence-electron chi connectivity index (χ0n) is 9.34. The summed E-state index contributed by atoms with van der Waals surface area (Å²) in [5.41, 5.74) is 0.671. The minimum absolute atomic E-state index is 0.104. The van der Waals surface area contributed by atoms with Gasteiger partial charge in [0, 0.05) is 11.6 Å². The van der Waals surface area contributed by atoms with Crippen LogP contribution in [0.25, 0.3) is 6.08 Å². The number of nitroso groups, excluding NO2 is 1. The van der Waals surface area contributed by atoms with Crippen molar-refractivity contribution in [3.8, 4) is 11.5 Å². The molecule has 0 aromatic heterocycles. The number of carbonyl (C=O) groups is 1. The van der Waals surface area contributed by atoms with Gasteiger partial charge in [0.05, 0.1) is 4.91 Å². The Balaban J connectivity index is 2.05. The van der Waals surface area contributed by atoms with Crippen molar-refractivity contribution in [3.63, 3.8) is 0 Å². The van der Waals surface area contributed by atoms with Crippen molar-refractivity contribution in [3.05, 3.63) is 27.5 Å². The minimum atomic E-state index is -0.287. The molecule has 1 aromatic rings. The van der Waals surface area contributed by atoms with Gasteiger partial charge in [0.15, 0.2) is 11.5 Å². The molecular formula is C11H6N2O4S2. The van der Waals surface area contributed by atoms with Crippen molar-refractivity contribution in [1.29, 1.82) is 0 Å². The topological polar surface area (TPSA) is 77.0 Å². The van der Waals surface area contributed by atoms with Crippen LogP contribution in [-0.4, -0.2) is 17.0 Å². The summed E-state index contributed by atoms with van der Waals surface area (Å²) in [6, 6.07) is 3.10. The van der Waals surface area contributed by atoms with E-state index in [1.807, 2.05) is 0 Å². The number of hydrogen-bond donors (Lipinski definition) is 1. The van der Waals surface area contributed by atoms with E-state index in [0.717, 1.165) is 11.8 Å². The SMILES string of the molecule is O=Nc1cc2c(cc1/C=C1\SC(=S)NC1=O)OCO2. The average Bonchev–Trinajstić information content (AvgIpc) is 2.95. The van der Waals surface area contributed by atoms with E-state index in [1.165, 1.54) is 6.07 Å².